The molecule has 7 heteroatoms. The van der Waals surface area contributed by atoms with Crippen LogP contribution in [0.5, 0.6) is 0 Å². The third-order valence-electron chi connectivity index (χ3n) is 6.90. The zero-order chi connectivity index (χ0) is 26.7. The summed E-state index contributed by atoms with van der Waals surface area (Å²) >= 11 is 8.56. The van der Waals surface area contributed by atoms with Gasteiger partial charge in [0.15, 0.2) is 0 Å². The first kappa shape index (κ1) is 28.9. The first-order valence-electron chi connectivity index (χ1n) is 13.2. The second-order valence-corrected chi connectivity index (χ2v) is 12.6. The van der Waals surface area contributed by atoms with Crippen LogP contribution >= 0.6 is 43.6 Å². The van der Waals surface area contributed by atoms with Crippen LogP contribution in [0.25, 0.3) is 0 Å². The molecule has 4 nitrogen and oxygen atoms in total. The molecule has 3 aromatic carbocycles. The summed E-state index contributed by atoms with van der Waals surface area (Å²) in [5.74, 6) is 0.982. The minimum absolute atomic E-state index is 0.0187. The predicted octanol–water partition coefficient (Wildman–Crippen LogP) is 7.53. The zero-order valence-corrected chi connectivity index (χ0v) is 25.4. The Hall–Kier alpha value is -2.09. The van der Waals surface area contributed by atoms with E-state index >= 15 is 0 Å². The summed E-state index contributed by atoms with van der Waals surface area (Å²) in [7, 11) is 0. The number of halogens is 2. The van der Waals surface area contributed by atoms with E-state index in [0.717, 1.165) is 51.5 Å². The number of carbonyl (C=O) groups excluding carboxylic acids is 2. The van der Waals surface area contributed by atoms with Gasteiger partial charge in [0.2, 0.25) is 11.8 Å². The standard InChI is InChI=1S/C31H34Br2N2O2S/c32-26-15-11-24(12-16-26)20-35(30(36)22-38-21-25-13-17-27(33)18-14-25)29(19-23-7-3-1-4-8-23)31(37)34-28-9-5-2-6-10-28/h1,3-4,7-8,11-18,28-29H,2,5-6,9-10,19-22H2,(H,34,37)/t29-/m0/s1. The van der Waals surface area contributed by atoms with E-state index in [4.69, 9.17) is 0 Å². The number of nitrogens with one attached hydrogen (secondary N) is 1. The van der Waals surface area contributed by atoms with Gasteiger partial charge in [0.25, 0.3) is 0 Å². The van der Waals surface area contributed by atoms with Gasteiger partial charge >= 0.3 is 0 Å². The lowest BCUT2D eigenvalue weighted by Gasteiger charge is -2.33. The highest BCUT2D eigenvalue weighted by Gasteiger charge is 2.31. The minimum atomic E-state index is -0.580. The number of thioether (sulfide) groups is 1. The van der Waals surface area contributed by atoms with Crippen LogP contribution in [-0.4, -0.2) is 34.6 Å². The molecule has 1 atom stereocenters. The van der Waals surface area contributed by atoms with Crippen LogP contribution in [0.3, 0.4) is 0 Å². The van der Waals surface area contributed by atoms with Crippen molar-refractivity contribution in [3.63, 3.8) is 0 Å². The molecule has 0 heterocycles. The molecule has 1 N–H and O–H groups in total. The Balaban J connectivity index is 1.55. The molecule has 1 aliphatic carbocycles. The maximum Gasteiger partial charge on any atom is 0.243 e. The van der Waals surface area contributed by atoms with Crippen LogP contribution in [0.15, 0.2) is 87.8 Å². The van der Waals surface area contributed by atoms with Crippen molar-refractivity contribution < 1.29 is 9.59 Å². The lowest BCUT2D eigenvalue weighted by Crippen LogP contribution is -2.53. The lowest BCUT2D eigenvalue weighted by atomic mass is 9.94. The number of benzene rings is 3. The van der Waals surface area contributed by atoms with Crippen LogP contribution in [-0.2, 0) is 28.3 Å². The van der Waals surface area contributed by atoms with Gasteiger partial charge in [0.05, 0.1) is 5.75 Å². The van der Waals surface area contributed by atoms with E-state index in [2.05, 4.69) is 49.3 Å². The summed E-state index contributed by atoms with van der Waals surface area (Å²) in [4.78, 5) is 29.4. The van der Waals surface area contributed by atoms with Gasteiger partial charge in [-0.3, -0.25) is 9.59 Å². The predicted molar refractivity (Wildman–Crippen MR) is 164 cm³/mol. The fourth-order valence-corrected chi connectivity index (χ4v) is 6.20. The van der Waals surface area contributed by atoms with Crippen molar-refractivity contribution in [2.75, 3.05) is 5.75 Å². The van der Waals surface area contributed by atoms with E-state index in [-0.39, 0.29) is 17.9 Å². The van der Waals surface area contributed by atoms with Crippen molar-refractivity contribution in [1.82, 2.24) is 10.2 Å². The normalized spacial score (nSPS) is 14.6. The van der Waals surface area contributed by atoms with E-state index in [1.807, 2.05) is 66.7 Å². The molecule has 0 spiro atoms. The summed E-state index contributed by atoms with van der Waals surface area (Å²) in [6.07, 6.45) is 6.01. The van der Waals surface area contributed by atoms with E-state index < -0.39 is 6.04 Å². The summed E-state index contributed by atoms with van der Waals surface area (Å²) in [5.41, 5.74) is 3.22. The van der Waals surface area contributed by atoms with Gasteiger partial charge in [-0.2, -0.15) is 0 Å². The van der Waals surface area contributed by atoms with Crippen molar-refractivity contribution in [2.24, 2.45) is 0 Å². The topological polar surface area (TPSA) is 49.4 Å². The van der Waals surface area contributed by atoms with Gasteiger partial charge in [0.1, 0.15) is 6.04 Å². The third kappa shape index (κ3) is 8.99. The molecule has 3 aromatic rings. The molecule has 4 rings (SSSR count). The van der Waals surface area contributed by atoms with Crippen molar-refractivity contribution in [3.05, 3.63) is 104 Å². The Labute approximate surface area is 247 Å². The van der Waals surface area contributed by atoms with Crippen LogP contribution in [0.2, 0.25) is 0 Å². The van der Waals surface area contributed by atoms with Crippen molar-refractivity contribution in [3.8, 4) is 0 Å². The molecule has 200 valence electrons. The second kappa shape index (κ2) is 14.9. The molecule has 1 aliphatic rings. The minimum Gasteiger partial charge on any atom is -0.352 e. The Kier molecular flexibility index (Phi) is 11.3. The third-order valence-corrected chi connectivity index (χ3v) is 8.94. The van der Waals surface area contributed by atoms with Crippen molar-refractivity contribution in [1.29, 1.82) is 0 Å². The maximum atomic E-state index is 13.8. The van der Waals surface area contributed by atoms with Crippen LogP contribution in [0, 0.1) is 0 Å². The molecular weight excluding hydrogens is 624 g/mol. The Morgan fingerprint density at radius 3 is 2.05 bits per heavy atom. The van der Waals surface area contributed by atoms with Gasteiger partial charge in [0, 0.05) is 33.7 Å². The summed E-state index contributed by atoms with van der Waals surface area (Å²) < 4.78 is 2.02. The first-order chi connectivity index (χ1) is 18.5. The average molecular weight is 659 g/mol. The van der Waals surface area contributed by atoms with Gasteiger partial charge in [-0.1, -0.05) is 106 Å². The molecule has 0 aromatic heterocycles. The summed E-state index contributed by atoms with van der Waals surface area (Å²) in [5, 5.41) is 3.31. The van der Waals surface area contributed by atoms with Crippen molar-refractivity contribution >= 4 is 55.4 Å². The van der Waals surface area contributed by atoms with Crippen LogP contribution in [0.1, 0.15) is 48.8 Å². The monoisotopic (exact) mass is 656 g/mol. The lowest BCUT2D eigenvalue weighted by molar-refractivity contribution is -0.139. The fourth-order valence-electron chi connectivity index (χ4n) is 4.80. The number of amides is 2. The van der Waals surface area contributed by atoms with Crippen molar-refractivity contribution in [2.45, 2.75) is 62.9 Å². The molecule has 0 aliphatic heterocycles. The van der Waals surface area contributed by atoms with E-state index in [1.54, 1.807) is 16.7 Å². The van der Waals surface area contributed by atoms with Gasteiger partial charge in [-0.25, -0.2) is 0 Å². The van der Waals surface area contributed by atoms with Gasteiger partial charge < -0.3 is 10.2 Å². The molecule has 0 saturated heterocycles. The smallest absolute Gasteiger partial charge is 0.243 e. The molecular formula is C31H34Br2N2O2S. The quantitative estimate of drug-likeness (QED) is 0.232. The number of nitrogens with zero attached hydrogens (tertiary/aromatic N) is 1. The van der Waals surface area contributed by atoms with Gasteiger partial charge in [-0.05, 0) is 53.8 Å². The second-order valence-electron chi connectivity index (χ2n) is 9.82. The maximum absolute atomic E-state index is 13.8. The number of hydrogen-bond donors (Lipinski definition) is 1. The highest BCUT2D eigenvalue weighted by Crippen LogP contribution is 2.22. The number of carbonyl (C=O) groups is 2. The van der Waals surface area contributed by atoms with E-state index in [1.165, 1.54) is 12.0 Å². The molecule has 1 fully saturated rings. The van der Waals surface area contributed by atoms with Gasteiger partial charge in [-0.15, -0.1) is 11.8 Å². The first-order valence-corrected chi connectivity index (χ1v) is 15.9. The number of hydrogen-bond acceptors (Lipinski definition) is 3. The Morgan fingerprint density at radius 2 is 1.42 bits per heavy atom. The Morgan fingerprint density at radius 1 is 0.816 bits per heavy atom. The molecule has 38 heavy (non-hydrogen) atoms. The molecule has 1 saturated carbocycles. The summed E-state index contributed by atoms with van der Waals surface area (Å²) in [6.45, 7) is 0.389. The largest absolute Gasteiger partial charge is 0.352 e. The van der Waals surface area contributed by atoms with Crippen LogP contribution < -0.4 is 5.32 Å². The molecule has 0 bridgehead atoms. The SMILES string of the molecule is O=C(NC1CCCCC1)[C@H](Cc1ccccc1)N(Cc1ccc(Br)cc1)C(=O)CSCc1ccc(Br)cc1. The highest BCUT2D eigenvalue weighted by atomic mass is 79.9. The van der Waals surface area contributed by atoms with E-state index in [9.17, 15) is 9.59 Å². The summed E-state index contributed by atoms with van der Waals surface area (Å²) in [6, 6.07) is 25.8. The Bertz CT molecular complexity index is 1170. The highest BCUT2D eigenvalue weighted by molar-refractivity contribution is 9.10. The average Bonchev–Trinajstić information content (AvgIpc) is 2.94. The molecule has 0 unspecified atom stereocenters. The zero-order valence-electron chi connectivity index (χ0n) is 21.5. The van der Waals surface area contributed by atoms with E-state index in [0.29, 0.717) is 18.7 Å². The molecule has 2 amide bonds. The fraction of sp³-hybridized carbons (Fsp3) is 0.355. The molecule has 0 radical (unpaired) electrons. The van der Waals surface area contributed by atoms with Crippen LogP contribution in [0.4, 0.5) is 0 Å². The number of rotatable bonds is 11.